The molecule has 1 aromatic rings. The number of nitrogens with zero attached hydrogens (tertiary/aromatic N) is 1. The highest BCUT2D eigenvalue weighted by Crippen LogP contribution is 2.16. The molecule has 0 heterocycles. The van der Waals surface area contributed by atoms with Crippen LogP contribution in [-0.2, 0) is 0 Å². The number of hydrogen-bond acceptors (Lipinski definition) is 2. The molecule has 0 radical (unpaired) electrons. The van der Waals surface area contributed by atoms with Crippen LogP contribution in [0.25, 0.3) is 0 Å². The van der Waals surface area contributed by atoms with E-state index in [1.54, 1.807) is 0 Å². The minimum Gasteiger partial charge on any atom is -0.493 e. The highest BCUT2D eigenvalue weighted by atomic mass is 16.5. The first kappa shape index (κ1) is 12.1. The van der Waals surface area contributed by atoms with E-state index >= 15 is 0 Å². The van der Waals surface area contributed by atoms with Gasteiger partial charge in [-0.1, -0.05) is 18.2 Å². The Morgan fingerprint density at radius 1 is 1.13 bits per heavy atom. The maximum Gasteiger partial charge on any atom is 0.122 e. The second-order valence-corrected chi connectivity index (χ2v) is 4.12. The number of ether oxygens (including phenoxy) is 1. The lowest BCUT2D eigenvalue weighted by atomic mass is 10.2. The van der Waals surface area contributed by atoms with Crippen LogP contribution in [0.15, 0.2) is 24.3 Å². The molecule has 2 heteroatoms. The summed E-state index contributed by atoms with van der Waals surface area (Å²) < 4.78 is 5.70. The molecule has 0 bridgehead atoms. The Balaban J connectivity index is 2.18. The van der Waals surface area contributed by atoms with Gasteiger partial charge in [-0.05, 0) is 52.0 Å². The van der Waals surface area contributed by atoms with E-state index in [1.807, 2.05) is 18.2 Å². The van der Waals surface area contributed by atoms with Crippen LogP contribution in [0.4, 0.5) is 0 Å². The van der Waals surface area contributed by atoms with Crippen molar-refractivity contribution in [3.05, 3.63) is 29.8 Å². The van der Waals surface area contributed by atoms with Gasteiger partial charge in [-0.15, -0.1) is 0 Å². The summed E-state index contributed by atoms with van der Waals surface area (Å²) in [6.07, 6.45) is 2.31. The zero-order valence-corrected chi connectivity index (χ0v) is 9.99. The van der Waals surface area contributed by atoms with Gasteiger partial charge in [-0.3, -0.25) is 0 Å². The van der Waals surface area contributed by atoms with Gasteiger partial charge in [-0.25, -0.2) is 0 Å². The van der Waals surface area contributed by atoms with Crippen molar-refractivity contribution in [2.45, 2.75) is 19.8 Å². The van der Waals surface area contributed by atoms with Gasteiger partial charge < -0.3 is 9.64 Å². The highest BCUT2D eigenvalue weighted by Gasteiger charge is 1.97. The molecule has 0 amide bonds. The first-order valence-corrected chi connectivity index (χ1v) is 5.53. The summed E-state index contributed by atoms with van der Waals surface area (Å²) in [6, 6.07) is 8.16. The van der Waals surface area contributed by atoms with Crippen molar-refractivity contribution in [1.82, 2.24) is 4.90 Å². The number of unbranched alkanes of at least 4 members (excludes halogenated alkanes) is 1. The Hall–Kier alpha value is -1.02. The average molecular weight is 207 g/mol. The molecular weight excluding hydrogens is 186 g/mol. The quantitative estimate of drug-likeness (QED) is 0.665. The monoisotopic (exact) mass is 207 g/mol. The van der Waals surface area contributed by atoms with E-state index in [2.05, 4.69) is 32.0 Å². The Kier molecular flexibility index (Phi) is 5.19. The van der Waals surface area contributed by atoms with Crippen LogP contribution in [-0.4, -0.2) is 32.1 Å². The predicted molar refractivity (Wildman–Crippen MR) is 64.5 cm³/mol. The second-order valence-electron chi connectivity index (χ2n) is 4.12. The molecule has 0 aromatic heterocycles. The van der Waals surface area contributed by atoms with Gasteiger partial charge in [-0.2, -0.15) is 0 Å². The van der Waals surface area contributed by atoms with E-state index in [1.165, 1.54) is 12.0 Å². The van der Waals surface area contributed by atoms with Gasteiger partial charge >= 0.3 is 0 Å². The third-order valence-corrected chi connectivity index (χ3v) is 2.35. The van der Waals surface area contributed by atoms with Gasteiger partial charge in [0.2, 0.25) is 0 Å². The summed E-state index contributed by atoms with van der Waals surface area (Å²) in [5.41, 5.74) is 1.21. The van der Waals surface area contributed by atoms with E-state index in [-0.39, 0.29) is 0 Å². The van der Waals surface area contributed by atoms with Gasteiger partial charge in [0, 0.05) is 0 Å². The fraction of sp³-hybridized carbons (Fsp3) is 0.538. The Morgan fingerprint density at radius 3 is 2.53 bits per heavy atom. The summed E-state index contributed by atoms with van der Waals surface area (Å²) >= 11 is 0. The molecule has 84 valence electrons. The molecule has 0 atom stereocenters. The van der Waals surface area contributed by atoms with Gasteiger partial charge in [0.05, 0.1) is 6.61 Å². The van der Waals surface area contributed by atoms with Crippen LogP contribution >= 0.6 is 0 Å². The average Bonchev–Trinajstić information content (AvgIpc) is 2.20. The largest absolute Gasteiger partial charge is 0.493 e. The highest BCUT2D eigenvalue weighted by molar-refractivity contribution is 5.31. The molecule has 2 nitrogen and oxygen atoms in total. The van der Waals surface area contributed by atoms with Crippen molar-refractivity contribution in [1.29, 1.82) is 0 Å². The van der Waals surface area contributed by atoms with Crippen molar-refractivity contribution >= 4 is 0 Å². The first-order valence-electron chi connectivity index (χ1n) is 5.53. The first-order chi connectivity index (χ1) is 7.20. The second kappa shape index (κ2) is 6.46. The minimum atomic E-state index is 0.818. The van der Waals surface area contributed by atoms with Gasteiger partial charge in [0.25, 0.3) is 0 Å². The van der Waals surface area contributed by atoms with Gasteiger partial charge in [0.15, 0.2) is 0 Å². The lowest BCUT2D eigenvalue weighted by Gasteiger charge is -2.10. The van der Waals surface area contributed by atoms with Crippen LogP contribution in [0, 0.1) is 6.92 Å². The molecule has 0 saturated heterocycles. The molecule has 0 aliphatic rings. The lowest BCUT2D eigenvalue weighted by molar-refractivity contribution is 0.291. The molecule has 0 fully saturated rings. The van der Waals surface area contributed by atoms with Crippen molar-refractivity contribution in [2.75, 3.05) is 27.2 Å². The zero-order valence-electron chi connectivity index (χ0n) is 9.99. The van der Waals surface area contributed by atoms with Crippen LogP contribution in [0.3, 0.4) is 0 Å². The van der Waals surface area contributed by atoms with E-state index in [0.29, 0.717) is 0 Å². The molecule has 0 unspecified atom stereocenters. The molecule has 0 spiro atoms. The van der Waals surface area contributed by atoms with Crippen molar-refractivity contribution < 1.29 is 4.74 Å². The fourth-order valence-corrected chi connectivity index (χ4v) is 1.43. The summed E-state index contributed by atoms with van der Waals surface area (Å²) in [4.78, 5) is 2.20. The van der Waals surface area contributed by atoms with E-state index in [9.17, 15) is 0 Å². The zero-order chi connectivity index (χ0) is 11.1. The fourth-order valence-electron chi connectivity index (χ4n) is 1.43. The standard InChI is InChI=1S/C13H21NO/c1-12-8-4-5-9-13(12)15-11-7-6-10-14(2)3/h4-5,8-9H,6-7,10-11H2,1-3H3. The Bertz CT molecular complexity index is 284. The van der Waals surface area contributed by atoms with Crippen LogP contribution in [0.1, 0.15) is 18.4 Å². The molecule has 1 aromatic carbocycles. The third kappa shape index (κ3) is 4.84. The molecule has 1 rings (SSSR count). The number of hydrogen-bond donors (Lipinski definition) is 0. The summed E-state index contributed by atoms with van der Waals surface area (Å²) in [5, 5.41) is 0. The maximum atomic E-state index is 5.70. The van der Waals surface area contributed by atoms with Crippen molar-refractivity contribution in [3.63, 3.8) is 0 Å². The van der Waals surface area contributed by atoms with Crippen molar-refractivity contribution in [3.8, 4) is 5.75 Å². The van der Waals surface area contributed by atoms with Crippen LogP contribution < -0.4 is 4.74 Å². The number of para-hydroxylation sites is 1. The van der Waals surface area contributed by atoms with E-state index < -0.39 is 0 Å². The minimum absolute atomic E-state index is 0.818. The summed E-state index contributed by atoms with van der Waals surface area (Å²) in [5.74, 6) is 1.02. The van der Waals surface area contributed by atoms with E-state index in [0.717, 1.165) is 25.3 Å². The third-order valence-electron chi connectivity index (χ3n) is 2.35. The Morgan fingerprint density at radius 2 is 1.87 bits per heavy atom. The maximum absolute atomic E-state index is 5.70. The molecule has 0 saturated carbocycles. The topological polar surface area (TPSA) is 12.5 Å². The smallest absolute Gasteiger partial charge is 0.122 e. The van der Waals surface area contributed by atoms with E-state index in [4.69, 9.17) is 4.74 Å². The number of aryl methyl sites for hydroxylation is 1. The number of benzene rings is 1. The normalized spacial score (nSPS) is 10.7. The molecule has 15 heavy (non-hydrogen) atoms. The predicted octanol–water partition coefficient (Wildman–Crippen LogP) is 2.72. The van der Waals surface area contributed by atoms with Gasteiger partial charge in [0.1, 0.15) is 5.75 Å². The summed E-state index contributed by atoms with van der Waals surface area (Å²) in [6.45, 7) is 4.03. The van der Waals surface area contributed by atoms with Crippen molar-refractivity contribution in [2.24, 2.45) is 0 Å². The molecule has 0 aliphatic heterocycles. The summed E-state index contributed by atoms with van der Waals surface area (Å²) in [7, 11) is 4.20. The number of rotatable bonds is 6. The molecule has 0 N–H and O–H groups in total. The lowest BCUT2D eigenvalue weighted by Crippen LogP contribution is -2.13. The van der Waals surface area contributed by atoms with Crippen LogP contribution in [0.2, 0.25) is 0 Å². The Labute approximate surface area is 92.9 Å². The van der Waals surface area contributed by atoms with Crippen LogP contribution in [0.5, 0.6) is 5.75 Å². The SMILES string of the molecule is Cc1ccccc1OCCCCN(C)C. The molecule has 0 aliphatic carbocycles. The molecular formula is C13H21NO.